The largest absolute Gasteiger partial charge is 0.350 e. The number of rotatable bonds is 2. The molecule has 0 aromatic carbocycles. The maximum absolute atomic E-state index is 10.7. The van der Waals surface area contributed by atoms with Crippen molar-refractivity contribution >= 4 is 11.7 Å². The van der Waals surface area contributed by atoms with Crippen LogP contribution in [0.25, 0.3) is 0 Å². The van der Waals surface area contributed by atoms with Gasteiger partial charge in [0.25, 0.3) is 0 Å². The van der Waals surface area contributed by atoms with Crippen molar-refractivity contribution < 1.29 is 4.79 Å². The van der Waals surface area contributed by atoms with E-state index < -0.39 is 6.03 Å². The smallest absolute Gasteiger partial charge is 0.332 e. The van der Waals surface area contributed by atoms with E-state index in [2.05, 4.69) is 31.3 Å². The second-order valence-corrected chi connectivity index (χ2v) is 6.47. The number of primary amides is 1. The Labute approximate surface area is 103 Å². The summed E-state index contributed by atoms with van der Waals surface area (Å²) in [6, 6.07) is -0.585. The minimum absolute atomic E-state index is 0.376. The number of nitrogens with one attached hydrogen (secondary N) is 1. The second kappa shape index (κ2) is 3.72. The summed E-state index contributed by atoms with van der Waals surface area (Å²) in [5.41, 5.74) is 9.20. The van der Waals surface area contributed by atoms with E-state index in [0.717, 1.165) is 5.71 Å². The first-order chi connectivity index (χ1) is 7.78. The highest BCUT2D eigenvalue weighted by Gasteiger charge is 2.60. The van der Waals surface area contributed by atoms with Crippen molar-refractivity contribution in [2.45, 2.75) is 47.0 Å². The summed E-state index contributed by atoms with van der Waals surface area (Å²) < 4.78 is 0. The number of hydrogen-bond donors (Lipinski definition) is 2. The van der Waals surface area contributed by atoms with Gasteiger partial charge in [0.15, 0.2) is 0 Å². The zero-order valence-electron chi connectivity index (χ0n) is 11.2. The fraction of sp³-hybridized carbons (Fsp3) is 0.846. The lowest BCUT2D eigenvalue weighted by Crippen LogP contribution is -2.29. The van der Waals surface area contributed by atoms with E-state index in [1.54, 1.807) is 0 Å². The lowest BCUT2D eigenvalue weighted by atomic mass is 9.71. The van der Waals surface area contributed by atoms with Crippen LogP contribution in [-0.4, -0.2) is 11.7 Å². The van der Waals surface area contributed by atoms with Crippen LogP contribution in [0.1, 0.15) is 47.0 Å². The molecule has 17 heavy (non-hydrogen) atoms. The third-order valence-electron chi connectivity index (χ3n) is 5.52. The third-order valence-corrected chi connectivity index (χ3v) is 5.52. The SMILES string of the molecule is C/C(=N/NC(N)=O)[C@H]1C[C@]2(C)CC[C@@H]1C2(C)C. The van der Waals surface area contributed by atoms with Gasteiger partial charge in [0.1, 0.15) is 0 Å². The van der Waals surface area contributed by atoms with Gasteiger partial charge in [0, 0.05) is 11.6 Å². The summed E-state index contributed by atoms with van der Waals surface area (Å²) in [5.74, 6) is 1.18. The molecule has 2 fully saturated rings. The van der Waals surface area contributed by atoms with Crippen molar-refractivity contribution in [2.24, 2.45) is 33.5 Å². The zero-order valence-corrected chi connectivity index (χ0v) is 11.2. The van der Waals surface area contributed by atoms with Crippen LogP contribution in [0, 0.1) is 22.7 Å². The van der Waals surface area contributed by atoms with Crippen LogP contribution in [0.4, 0.5) is 4.79 Å². The Morgan fingerprint density at radius 3 is 2.47 bits per heavy atom. The van der Waals surface area contributed by atoms with Gasteiger partial charge in [-0.2, -0.15) is 5.10 Å². The summed E-state index contributed by atoms with van der Waals surface area (Å²) in [6.45, 7) is 9.14. The molecule has 2 rings (SSSR count). The van der Waals surface area contributed by atoms with Crippen molar-refractivity contribution in [3.05, 3.63) is 0 Å². The van der Waals surface area contributed by atoms with Gasteiger partial charge in [-0.3, -0.25) is 0 Å². The summed E-state index contributed by atoms with van der Waals surface area (Å²) in [4.78, 5) is 10.7. The first kappa shape index (κ1) is 12.4. The van der Waals surface area contributed by atoms with E-state index in [0.29, 0.717) is 22.7 Å². The van der Waals surface area contributed by atoms with Crippen LogP contribution in [0.2, 0.25) is 0 Å². The molecule has 2 aliphatic carbocycles. The van der Waals surface area contributed by atoms with Gasteiger partial charge < -0.3 is 5.73 Å². The molecule has 0 spiro atoms. The second-order valence-electron chi connectivity index (χ2n) is 6.47. The van der Waals surface area contributed by atoms with Gasteiger partial charge in [-0.05, 0) is 42.9 Å². The van der Waals surface area contributed by atoms with Gasteiger partial charge in [-0.25, -0.2) is 10.2 Å². The molecule has 2 amide bonds. The number of nitrogens with zero attached hydrogens (tertiary/aromatic N) is 1. The Morgan fingerprint density at radius 2 is 2.06 bits per heavy atom. The Hall–Kier alpha value is -1.06. The number of urea groups is 1. The standard InChI is InChI=1S/C13H23N3O/c1-8(15-16-11(14)17)9-7-13(4)6-5-10(9)12(13,2)3/h9-10H,5-7H2,1-4H3,(H3,14,16,17)/b15-8-/t9-,10+,13+/m1/s1. The van der Waals surface area contributed by atoms with Gasteiger partial charge in [-0.15, -0.1) is 0 Å². The van der Waals surface area contributed by atoms with Crippen LogP contribution in [0.15, 0.2) is 5.10 Å². The van der Waals surface area contributed by atoms with Crippen molar-refractivity contribution in [1.82, 2.24) is 5.43 Å². The topological polar surface area (TPSA) is 67.5 Å². The molecule has 0 heterocycles. The number of nitrogens with two attached hydrogens (primary N) is 1. The van der Waals surface area contributed by atoms with E-state index >= 15 is 0 Å². The number of hydrogen-bond acceptors (Lipinski definition) is 2. The lowest BCUT2D eigenvalue weighted by Gasteiger charge is -2.34. The molecule has 0 radical (unpaired) electrons. The van der Waals surface area contributed by atoms with Crippen molar-refractivity contribution in [2.75, 3.05) is 0 Å². The molecular formula is C13H23N3O. The highest BCUT2D eigenvalue weighted by Crippen LogP contribution is 2.67. The van der Waals surface area contributed by atoms with Crippen LogP contribution < -0.4 is 11.2 Å². The van der Waals surface area contributed by atoms with E-state index in [-0.39, 0.29) is 0 Å². The van der Waals surface area contributed by atoms with Crippen LogP contribution in [0.5, 0.6) is 0 Å². The summed E-state index contributed by atoms with van der Waals surface area (Å²) in [5, 5.41) is 4.11. The van der Waals surface area contributed by atoms with E-state index in [1.165, 1.54) is 19.3 Å². The molecule has 0 aliphatic heterocycles. The quantitative estimate of drug-likeness (QED) is 0.562. The predicted molar refractivity (Wildman–Crippen MR) is 68.5 cm³/mol. The van der Waals surface area contributed by atoms with Gasteiger partial charge in [0.2, 0.25) is 0 Å². The first-order valence-electron chi connectivity index (χ1n) is 6.37. The molecular weight excluding hydrogens is 214 g/mol. The molecule has 0 unspecified atom stereocenters. The number of fused-ring (bicyclic) bond motifs is 2. The first-order valence-corrected chi connectivity index (χ1v) is 6.37. The predicted octanol–water partition coefficient (Wildman–Crippen LogP) is 2.49. The molecule has 2 aliphatic rings. The van der Waals surface area contributed by atoms with Crippen molar-refractivity contribution in [3.8, 4) is 0 Å². The number of carbonyl (C=O) groups excluding carboxylic acids is 1. The maximum atomic E-state index is 10.7. The molecule has 2 bridgehead atoms. The molecule has 2 saturated carbocycles. The fourth-order valence-corrected chi connectivity index (χ4v) is 3.97. The highest BCUT2D eigenvalue weighted by atomic mass is 16.2. The lowest BCUT2D eigenvalue weighted by molar-refractivity contribution is 0.152. The minimum atomic E-state index is -0.585. The molecule has 4 nitrogen and oxygen atoms in total. The fourth-order valence-electron chi connectivity index (χ4n) is 3.97. The van der Waals surface area contributed by atoms with E-state index in [1.807, 2.05) is 6.92 Å². The molecule has 0 aromatic heterocycles. The van der Waals surface area contributed by atoms with Crippen LogP contribution in [0.3, 0.4) is 0 Å². The zero-order chi connectivity index (χ0) is 12.8. The maximum Gasteiger partial charge on any atom is 0.332 e. The molecule has 4 heteroatoms. The van der Waals surface area contributed by atoms with Crippen LogP contribution in [-0.2, 0) is 0 Å². The van der Waals surface area contributed by atoms with Gasteiger partial charge >= 0.3 is 6.03 Å². The number of carbonyl (C=O) groups is 1. The summed E-state index contributed by atoms with van der Waals surface area (Å²) in [7, 11) is 0. The Balaban J connectivity index is 2.16. The molecule has 0 saturated heterocycles. The summed E-state index contributed by atoms with van der Waals surface area (Å²) >= 11 is 0. The highest BCUT2D eigenvalue weighted by molar-refractivity contribution is 5.86. The van der Waals surface area contributed by atoms with E-state index in [9.17, 15) is 4.79 Å². The number of amides is 2. The minimum Gasteiger partial charge on any atom is -0.350 e. The van der Waals surface area contributed by atoms with E-state index in [4.69, 9.17) is 5.73 Å². The van der Waals surface area contributed by atoms with Crippen molar-refractivity contribution in [1.29, 1.82) is 0 Å². The molecule has 96 valence electrons. The molecule has 3 atom stereocenters. The number of hydrazone groups is 1. The Kier molecular flexibility index (Phi) is 2.71. The molecule has 3 N–H and O–H groups in total. The van der Waals surface area contributed by atoms with Crippen molar-refractivity contribution in [3.63, 3.8) is 0 Å². The van der Waals surface area contributed by atoms with Gasteiger partial charge in [-0.1, -0.05) is 20.8 Å². The van der Waals surface area contributed by atoms with Crippen LogP contribution >= 0.6 is 0 Å². The average Bonchev–Trinajstić information content (AvgIpc) is 2.57. The van der Waals surface area contributed by atoms with Gasteiger partial charge in [0.05, 0.1) is 0 Å². The Morgan fingerprint density at radius 1 is 1.41 bits per heavy atom. The summed E-state index contributed by atoms with van der Waals surface area (Å²) in [6.07, 6.45) is 3.77. The average molecular weight is 237 g/mol. The molecule has 0 aromatic rings. The third kappa shape index (κ3) is 1.74. The monoisotopic (exact) mass is 237 g/mol. The normalized spacial score (nSPS) is 39.4. The Bertz CT molecular complexity index is 372.